The molecule has 0 bridgehead atoms. The average Bonchev–Trinajstić information content (AvgIpc) is 2.74. The second-order valence-electron chi connectivity index (χ2n) is 11.3. The fraction of sp³-hybridized carbons (Fsp3) is 0.893. The van der Waals surface area contributed by atoms with Crippen molar-refractivity contribution in [2.75, 3.05) is 28.2 Å². The summed E-state index contributed by atoms with van der Waals surface area (Å²) >= 11 is 0. The van der Waals surface area contributed by atoms with Gasteiger partial charge in [0.15, 0.2) is 11.4 Å². The molecular formula is C28H55NO6. The molecule has 7 nitrogen and oxygen atoms in total. The number of carboxylic acids is 1. The normalized spacial score (nSPS) is 13.9. The van der Waals surface area contributed by atoms with Gasteiger partial charge in [0.1, 0.15) is 11.9 Å². The van der Waals surface area contributed by atoms with Gasteiger partial charge >= 0.3 is 0 Å². The van der Waals surface area contributed by atoms with Gasteiger partial charge in [0, 0.05) is 12.8 Å². The molecule has 0 heterocycles. The van der Waals surface area contributed by atoms with Gasteiger partial charge in [-0.2, -0.15) is 0 Å². The molecule has 0 aliphatic carbocycles. The van der Waals surface area contributed by atoms with E-state index in [0.29, 0.717) is 6.42 Å². The van der Waals surface area contributed by atoms with Crippen LogP contribution in [0.15, 0.2) is 0 Å². The van der Waals surface area contributed by atoms with E-state index in [1.807, 2.05) is 0 Å². The Balaban J connectivity index is 0. The van der Waals surface area contributed by atoms with Crippen LogP contribution in [-0.4, -0.2) is 72.1 Å². The van der Waals surface area contributed by atoms with Crippen LogP contribution in [0.2, 0.25) is 0 Å². The number of nitrogens with zero attached hydrogens (tertiary/aromatic N) is 1. The minimum absolute atomic E-state index is 0.112. The third kappa shape index (κ3) is 22.9. The van der Waals surface area contributed by atoms with Crippen LogP contribution in [0.25, 0.3) is 0 Å². The summed E-state index contributed by atoms with van der Waals surface area (Å²) in [5, 5.41) is 30.2. The molecule has 0 fully saturated rings. The highest BCUT2D eigenvalue weighted by molar-refractivity contribution is 6.10. The van der Waals surface area contributed by atoms with E-state index >= 15 is 0 Å². The number of carbonyl (C=O) groups is 3. The first-order chi connectivity index (χ1) is 16.3. The van der Waals surface area contributed by atoms with Crippen molar-refractivity contribution < 1.29 is 34.2 Å². The standard InChI is InChI=1S/C24H44O6.C4H12N/c1-3-4-5-6-7-8-9-10-11-12-13-14-15-16-17-18-21(26)19-24(30,23(28)29)22(27)20(2)25;1-5(2,3)4/h20,25,30H,3-19H2,1-2H3,(H,28,29);1-4H3/q;+1/p-1. The predicted octanol–water partition coefficient (Wildman–Crippen LogP) is 3.96. The van der Waals surface area contributed by atoms with E-state index in [1.165, 1.54) is 70.6 Å². The average molecular weight is 502 g/mol. The molecule has 0 radical (unpaired) electrons. The molecular weight excluding hydrogens is 446 g/mol. The highest BCUT2D eigenvalue weighted by Gasteiger charge is 2.41. The molecule has 2 N–H and O–H groups in total. The number of unbranched alkanes of at least 4 members (excludes halogenated alkanes) is 14. The summed E-state index contributed by atoms with van der Waals surface area (Å²) in [6.07, 6.45) is 15.7. The number of quaternary nitrogens is 1. The lowest BCUT2D eigenvalue weighted by molar-refractivity contribution is -0.849. The van der Waals surface area contributed by atoms with Crippen molar-refractivity contribution in [1.29, 1.82) is 0 Å². The number of carbonyl (C=O) groups excluding carboxylic acids is 3. The molecule has 0 aromatic rings. The molecule has 2 unspecified atom stereocenters. The van der Waals surface area contributed by atoms with Crippen LogP contribution in [0.1, 0.15) is 123 Å². The van der Waals surface area contributed by atoms with Gasteiger partial charge in [-0.1, -0.05) is 96.8 Å². The van der Waals surface area contributed by atoms with E-state index in [2.05, 4.69) is 35.1 Å². The monoisotopic (exact) mass is 501 g/mol. The van der Waals surface area contributed by atoms with Gasteiger partial charge in [0.2, 0.25) is 0 Å². The fourth-order valence-electron chi connectivity index (χ4n) is 3.67. The summed E-state index contributed by atoms with van der Waals surface area (Å²) in [5.41, 5.74) is -2.94. The van der Waals surface area contributed by atoms with Gasteiger partial charge in [-0.05, 0) is 13.3 Å². The second-order valence-corrected chi connectivity index (χ2v) is 11.3. The lowest BCUT2D eigenvalue weighted by Crippen LogP contribution is -2.58. The Bertz CT molecular complexity index is 564. The van der Waals surface area contributed by atoms with E-state index in [0.717, 1.165) is 30.7 Å². The molecule has 0 rings (SSSR count). The van der Waals surface area contributed by atoms with Crippen molar-refractivity contribution in [3.05, 3.63) is 0 Å². The highest BCUT2D eigenvalue weighted by Crippen LogP contribution is 2.18. The number of carboxylic acid groups (broad SMARTS) is 1. The molecule has 7 heteroatoms. The van der Waals surface area contributed by atoms with Gasteiger partial charge in [-0.25, -0.2) is 0 Å². The van der Waals surface area contributed by atoms with E-state index in [9.17, 15) is 29.7 Å². The first-order valence-corrected chi connectivity index (χ1v) is 13.7. The van der Waals surface area contributed by atoms with Gasteiger partial charge < -0.3 is 24.6 Å². The van der Waals surface area contributed by atoms with Crippen LogP contribution >= 0.6 is 0 Å². The Morgan fingerprint density at radius 1 is 0.743 bits per heavy atom. The minimum Gasteiger partial charge on any atom is -0.546 e. The SMILES string of the molecule is CCCCCCCCCCCCCCCCCC(=O)CC(O)(C(=O)[O-])C(=O)C(C)O.C[N+](C)(C)C. The molecule has 2 atom stereocenters. The summed E-state index contributed by atoms with van der Waals surface area (Å²) in [6.45, 7) is 3.29. The molecule has 0 aromatic heterocycles. The van der Waals surface area contributed by atoms with Gasteiger partial charge in [-0.15, -0.1) is 0 Å². The summed E-state index contributed by atoms with van der Waals surface area (Å²) < 4.78 is 1.00. The van der Waals surface area contributed by atoms with Gasteiger partial charge in [0.25, 0.3) is 0 Å². The van der Waals surface area contributed by atoms with Crippen molar-refractivity contribution in [2.24, 2.45) is 0 Å². The van der Waals surface area contributed by atoms with Crippen LogP contribution in [0, 0.1) is 0 Å². The molecule has 0 amide bonds. The van der Waals surface area contributed by atoms with E-state index in [4.69, 9.17) is 0 Å². The zero-order valence-corrected chi connectivity index (χ0v) is 23.6. The number of hydrogen-bond acceptors (Lipinski definition) is 6. The smallest absolute Gasteiger partial charge is 0.198 e. The number of aliphatic hydroxyl groups is 2. The number of rotatable bonds is 21. The zero-order valence-electron chi connectivity index (χ0n) is 23.6. The Morgan fingerprint density at radius 3 is 1.34 bits per heavy atom. The summed E-state index contributed by atoms with van der Waals surface area (Å²) in [5.74, 6) is -3.86. The third-order valence-corrected chi connectivity index (χ3v) is 5.64. The van der Waals surface area contributed by atoms with Crippen molar-refractivity contribution >= 4 is 17.5 Å². The molecule has 0 saturated carbocycles. The minimum atomic E-state index is -2.94. The lowest BCUT2D eigenvalue weighted by Gasteiger charge is -2.28. The van der Waals surface area contributed by atoms with Gasteiger partial charge in [-0.3, -0.25) is 9.59 Å². The number of hydrogen-bond donors (Lipinski definition) is 2. The molecule has 0 aliphatic rings. The molecule has 208 valence electrons. The maximum atomic E-state index is 11.9. The quantitative estimate of drug-likeness (QED) is 0.140. The maximum Gasteiger partial charge on any atom is 0.198 e. The zero-order chi connectivity index (χ0) is 27.3. The Kier molecular flexibility index (Phi) is 21.3. The van der Waals surface area contributed by atoms with Crippen molar-refractivity contribution in [3.8, 4) is 0 Å². The maximum absolute atomic E-state index is 11.9. The summed E-state index contributed by atoms with van der Waals surface area (Å²) in [4.78, 5) is 34.7. The molecule has 35 heavy (non-hydrogen) atoms. The largest absolute Gasteiger partial charge is 0.546 e. The second kappa shape index (κ2) is 20.8. The first kappa shape index (κ1) is 35.8. The van der Waals surface area contributed by atoms with E-state index in [1.54, 1.807) is 0 Å². The highest BCUT2D eigenvalue weighted by atomic mass is 16.4. The van der Waals surface area contributed by atoms with Crippen LogP contribution in [0.4, 0.5) is 0 Å². The first-order valence-electron chi connectivity index (χ1n) is 13.7. The molecule has 0 aliphatic heterocycles. The fourth-order valence-corrected chi connectivity index (χ4v) is 3.67. The van der Waals surface area contributed by atoms with E-state index in [-0.39, 0.29) is 6.42 Å². The molecule has 0 aromatic carbocycles. The predicted molar refractivity (Wildman–Crippen MR) is 140 cm³/mol. The van der Waals surface area contributed by atoms with Crippen molar-refractivity contribution in [2.45, 2.75) is 135 Å². The summed E-state index contributed by atoms with van der Waals surface area (Å²) in [7, 11) is 8.50. The topological polar surface area (TPSA) is 115 Å². The third-order valence-electron chi connectivity index (χ3n) is 5.64. The van der Waals surface area contributed by atoms with Crippen LogP contribution in [0.5, 0.6) is 0 Å². The number of Topliss-reactive ketones (excluding diaryl/α,β-unsaturated/α-hetero) is 2. The summed E-state index contributed by atoms with van der Waals surface area (Å²) in [6, 6.07) is 0. The van der Waals surface area contributed by atoms with Crippen LogP contribution in [-0.2, 0) is 14.4 Å². The number of aliphatic carboxylic acids is 1. The Morgan fingerprint density at radius 2 is 1.06 bits per heavy atom. The lowest BCUT2D eigenvalue weighted by atomic mass is 9.88. The van der Waals surface area contributed by atoms with E-state index < -0.39 is 35.7 Å². The Labute approximate surface area is 214 Å². The van der Waals surface area contributed by atoms with Gasteiger partial charge in [0.05, 0.1) is 34.2 Å². The molecule has 0 saturated heterocycles. The number of aliphatic hydroxyl groups excluding tert-OH is 1. The van der Waals surface area contributed by atoms with Crippen LogP contribution in [0.3, 0.4) is 0 Å². The van der Waals surface area contributed by atoms with Crippen molar-refractivity contribution in [1.82, 2.24) is 0 Å². The number of ketones is 2. The van der Waals surface area contributed by atoms with Crippen LogP contribution < -0.4 is 5.11 Å². The van der Waals surface area contributed by atoms with Crippen molar-refractivity contribution in [3.63, 3.8) is 0 Å². The molecule has 0 spiro atoms. The Hall–Kier alpha value is -1.31.